The van der Waals surface area contributed by atoms with Gasteiger partial charge in [0, 0.05) is 62.8 Å². The molecule has 4 aliphatic rings. The third kappa shape index (κ3) is 5.79. The second kappa shape index (κ2) is 11.3. The van der Waals surface area contributed by atoms with Gasteiger partial charge in [-0.25, -0.2) is 17.6 Å². The first-order valence-electron chi connectivity index (χ1n) is 14.0. The second-order valence-corrected chi connectivity index (χ2v) is 13.1. The summed E-state index contributed by atoms with van der Waals surface area (Å²) in [6, 6.07) is 11.1. The number of aromatic nitrogens is 2. The molecule has 4 heterocycles. The highest BCUT2D eigenvalue weighted by molar-refractivity contribution is 7.80. The lowest BCUT2D eigenvalue weighted by molar-refractivity contribution is -0.0659. The summed E-state index contributed by atoms with van der Waals surface area (Å²) >= 11 is -1.18. The zero-order chi connectivity index (χ0) is 26.1. The molecule has 6 rings (SSSR count). The molecule has 1 saturated carbocycles. The number of likely N-dealkylation sites (tertiary alicyclic amines) is 1. The number of hydrogen-bond acceptors (Lipinski definition) is 6. The first kappa shape index (κ1) is 26.3. The van der Waals surface area contributed by atoms with E-state index >= 15 is 0 Å². The third-order valence-electron chi connectivity index (χ3n) is 8.88. The molecule has 0 bridgehead atoms. The molecule has 4 fully saturated rings. The third-order valence-corrected chi connectivity index (χ3v) is 10.1. The number of nitrogens with zero attached hydrogens (tertiary/aromatic N) is 5. The highest BCUT2D eigenvalue weighted by Crippen LogP contribution is 2.39. The van der Waals surface area contributed by atoms with Crippen molar-refractivity contribution in [3.63, 3.8) is 0 Å². The minimum Gasteiger partial charge on any atom is -0.378 e. The molecule has 3 aliphatic heterocycles. The Kier molecular flexibility index (Phi) is 7.77. The van der Waals surface area contributed by atoms with E-state index in [2.05, 4.69) is 36.1 Å². The average Bonchev–Trinajstić information content (AvgIpc) is 2.90. The molecule has 1 aromatic carbocycles. The minimum atomic E-state index is -1.18. The molecular formula is C28H39FN6O2S. The Bertz CT molecular complexity index is 1100. The van der Waals surface area contributed by atoms with Crippen molar-refractivity contribution < 1.29 is 13.3 Å². The zero-order valence-corrected chi connectivity index (χ0v) is 23.0. The minimum absolute atomic E-state index is 0.119. The molecule has 3 unspecified atom stereocenters. The molecule has 8 nitrogen and oxygen atoms in total. The van der Waals surface area contributed by atoms with Crippen molar-refractivity contribution in [3.8, 4) is 0 Å². The van der Waals surface area contributed by atoms with Crippen LogP contribution in [0.1, 0.15) is 43.6 Å². The number of benzene rings is 1. The van der Waals surface area contributed by atoms with E-state index in [1.165, 1.54) is 6.07 Å². The van der Waals surface area contributed by atoms with Crippen LogP contribution in [0.2, 0.25) is 0 Å². The van der Waals surface area contributed by atoms with Gasteiger partial charge in [-0.15, -0.1) is 5.10 Å². The summed E-state index contributed by atoms with van der Waals surface area (Å²) in [5, 5.41) is 8.38. The standard InChI is InChI=1S/C28H39FN6O2S/c1-33-17-28(18-33)19-35(20-28)38(36)32-26-11-13-34(27-6-3-12-30-31-27)15-23(26)16-37-25-9-7-21(8-10-25)22-4-2-5-24(29)14-22/h2-6,12,14,21,23,25-26,32H,7-11,13,15-20H2,1H3. The van der Waals surface area contributed by atoms with Crippen LogP contribution in [0.15, 0.2) is 42.6 Å². The number of ether oxygens (including phenoxy) is 1. The van der Waals surface area contributed by atoms with Gasteiger partial charge in [0.25, 0.3) is 0 Å². The quantitative estimate of drug-likeness (QED) is 0.553. The summed E-state index contributed by atoms with van der Waals surface area (Å²) < 4.78 is 38.9. The number of piperidine rings is 1. The van der Waals surface area contributed by atoms with E-state index in [4.69, 9.17) is 4.74 Å². The lowest BCUT2D eigenvalue weighted by Crippen LogP contribution is -2.72. The summed E-state index contributed by atoms with van der Waals surface area (Å²) in [5.41, 5.74) is 1.46. The predicted molar refractivity (Wildman–Crippen MR) is 146 cm³/mol. The zero-order valence-electron chi connectivity index (χ0n) is 22.2. The van der Waals surface area contributed by atoms with Gasteiger partial charge < -0.3 is 14.5 Å². The molecule has 38 heavy (non-hydrogen) atoms. The van der Waals surface area contributed by atoms with Gasteiger partial charge in [-0.2, -0.15) is 5.10 Å². The normalized spacial score (nSPS) is 30.5. The van der Waals surface area contributed by atoms with Crippen molar-refractivity contribution in [2.24, 2.45) is 11.3 Å². The van der Waals surface area contributed by atoms with Gasteiger partial charge in [0.1, 0.15) is 5.82 Å². The van der Waals surface area contributed by atoms with E-state index in [1.54, 1.807) is 18.3 Å². The van der Waals surface area contributed by atoms with Crippen LogP contribution < -0.4 is 9.62 Å². The van der Waals surface area contributed by atoms with E-state index in [0.717, 1.165) is 82.8 Å². The molecule has 10 heteroatoms. The van der Waals surface area contributed by atoms with E-state index < -0.39 is 11.2 Å². The van der Waals surface area contributed by atoms with Crippen LogP contribution in [0.5, 0.6) is 0 Å². The molecule has 1 spiro atoms. The van der Waals surface area contributed by atoms with Crippen LogP contribution in [0.3, 0.4) is 0 Å². The maximum Gasteiger partial charge on any atom is 0.170 e. The van der Waals surface area contributed by atoms with Crippen LogP contribution in [0, 0.1) is 17.2 Å². The summed E-state index contributed by atoms with van der Waals surface area (Å²) in [4.78, 5) is 4.60. The Labute approximate surface area is 227 Å². The molecule has 1 aliphatic carbocycles. The molecule has 1 aromatic heterocycles. The predicted octanol–water partition coefficient (Wildman–Crippen LogP) is 2.97. The molecule has 206 valence electrons. The van der Waals surface area contributed by atoms with Gasteiger partial charge in [-0.1, -0.05) is 12.1 Å². The summed E-state index contributed by atoms with van der Waals surface area (Å²) in [6.07, 6.45) is 6.78. The first-order valence-corrected chi connectivity index (χ1v) is 15.1. The number of hydrogen-bond donors (Lipinski definition) is 1. The highest BCUT2D eigenvalue weighted by atomic mass is 32.2. The van der Waals surface area contributed by atoms with Crippen molar-refractivity contribution >= 4 is 17.0 Å². The Morgan fingerprint density at radius 1 is 1.11 bits per heavy atom. The summed E-state index contributed by atoms with van der Waals surface area (Å²) in [7, 11) is 2.15. The fourth-order valence-corrected chi connectivity index (χ4v) is 8.43. The molecule has 0 radical (unpaired) electrons. The van der Waals surface area contributed by atoms with Crippen molar-refractivity contribution in [1.29, 1.82) is 0 Å². The van der Waals surface area contributed by atoms with Gasteiger partial charge in [0.15, 0.2) is 17.0 Å². The molecule has 0 amide bonds. The fraction of sp³-hybridized carbons (Fsp3) is 0.643. The Hall–Kier alpha value is -1.98. The second-order valence-electron chi connectivity index (χ2n) is 11.9. The van der Waals surface area contributed by atoms with E-state index in [-0.39, 0.29) is 23.9 Å². The van der Waals surface area contributed by atoms with Crippen molar-refractivity contribution in [1.82, 2.24) is 24.1 Å². The van der Waals surface area contributed by atoms with Crippen molar-refractivity contribution in [2.45, 2.75) is 50.2 Å². The first-order chi connectivity index (χ1) is 18.5. The summed E-state index contributed by atoms with van der Waals surface area (Å²) in [5.74, 6) is 1.32. The number of halogens is 1. The summed E-state index contributed by atoms with van der Waals surface area (Å²) in [6.45, 7) is 6.29. The smallest absolute Gasteiger partial charge is 0.170 e. The van der Waals surface area contributed by atoms with Gasteiger partial charge in [0.05, 0.1) is 12.7 Å². The SMILES string of the molecule is CN1CC2(C1)CN(S(=O)NC1CCN(c3cccnn3)CC1COC1CCC(c3cccc(F)c3)CC1)C2. The lowest BCUT2D eigenvalue weighted by atomic mass is 9.75. The lowest BCUT2D eigenvalue weighted by Gasteiger charge is -2.58. The largest absolute Gasteiger partial charge is 0.378 e. The fourth-order valence-electron chi connectivity index (χ4n) is 6.93. The number of rotatable bonds is 8. The molecule has 3 saturated heterocycles. The topological polar surface area (TPSA) is 73.8 Å². The molecular weight excluding hydrogens is 503 g/mol. The molecule has 1 N–H and O–H groups in total. The molecule has 3 atom stereocenters. The maximum absolute atomic E-state index is 13.7. The van der Waals surface area contributed by atoms with Gasteiger partial charge in [-0.3, -0.25) is 0 Å². The highest BCUT2D eigenvalue weighted by Gasteiger charge is 2.52. The average molecular weight is 543 g/mol. The van der Waals surface area contributed by atoms with Crippen LogP contribution in [-0.4, -0.2) is 88.7 Å². The Morgan fingerprint density at radius 3 is 2.63 bits per heavy atom. The number of nitrogens with one attached hydrogen (secondary N) is 1. The van der Waals surface area contributed by atoms with E-state index in [1.807, 2.05) is 18.2 Å². The number of anilines is 1. The van der Waals surface area contributed by atoms with Gasteiger partial charge in [0.2, 0.25) is 0 Å². The molecule has 2 aromatic rings. The van der Waals surface area contributed by atoms with E-state index in [9.17, 15) is 8.60 Å². The maximum atomic E-state index is 13.7. The van der Waals surface area contributed by atoms with Crippen LogP contribution in [0.4, 0.5) is 10.2 Å². The van der Waals surface area contributed by atoms with Gasteiger partial charge in [-0.05, 0) is 74.9 Å². The van der Waals surface area contributed by atoms with Crippen LogP contribution >= 0.6 is 0 Å². The van der Waals surface area contributed by atoms with E-state index in [0.29, 0.717) is 17.9 Å². The van der Waals surface area contributed by atoms with Gasteiger partial charge >= 0.3 is 0 Å². The Balaban J connectivity index is 1.04. The van der Waals surface area contributed by atoms with Crippen molar-refractivity contribution in [2.75, 3.05) is 57.8 Å². The Morgan fingerprint density at radius 2 is 1.92 bits per heavy atom. The van der Waals surface area contributed by atoms with Crippen molar-refractivity contribution in [3.05, 3.63) is 54.0 Å². The monoisotopic (exact) mass is 542 g/mol. The van der Waals surface area contributed by atoms with Crippen LogP contribution in [0.25, 0.3) is 0 Å². The van der Waals surface area contributed by atoms with Crippen LogP contribution in [-0.2, 0) is 15.9 Å².